The van der Waals surface area contributed by atoms with E-state index in [2.05, 4.69) is 11.8 Å². The molecule has 1 aromatic carbocycles. The number of hydrogen-bond acceptors (Lipinski definition) is 6. The number of anilines is 1. The molecule has 2 fully saturated rings. The van der Waals surface area contributed by atoms with Crippen molar-refractivity contribution in [2.75, 3.05) is 17.7 Å². The second kappa shape index (κ2) is 7.45. The summed E-state index contributed by atoms with van der Waals surface area (Å²) >= 11 is 0. The van der Waals surface area contributed by atoms with Crippen LogP contribution >= 0.6 is 0 Å². The Kier molecular flexibility index (Phi) is 5.37. The van der Waals surface area contributed by atoms with Crippen molar-refractivity contribution in [1.82, 2.24) is 5.48 Å². The van der Waals surface area contributed by atoms with Crippen LogP contribution in [0, 0.1) is 17.8 Å². The van der Waals surface area contributed by atoms with E-state index in [0.29, 0.717) is 11.6 Å². The number of amides is 2. The van der Waals surface area contributed by atoms with Crippen LogP contribution in [0.15, 0.2) is 24.3 Å². The molecule has 2 amide bonds. The Hall–Kier alpha value is -2.57. The molecule has 0 aromatic heterocycles. The summed E-state index contributed by atoms with van der Waals surface area (Å²) in [5.41, 5.74) is 2.83. The van der Waals surface area contributed by atoms with Crippen LogP contribution in [0.3, 0.4) is 0 Å². The van der Waals surface area contributed by atoms with Crippen molar-refractivity contribution in [2.24, 2.45) is 5.92 Å². The first-order valence-corrected chi connectivity index (χ1v) is 10.8. The average molecular weight is 406 g/mol. The van der Waals surface area contributed by atoms with E-state index in [4.69, 9.17) is 9.94 Å². The fourth-order valence-corrected chi connectivity index (χ4v) is 3.81. The van der Waals surface area contributed by atoms with Crippen LogP contribution in [0.25, 0.3) is 0 Å². The standard InChI is InChI=1S/C19H22N2O6S/c1-19(17(22)20-24,28(2,25)26)11-16-12-21(18(23)27-16)15-9-7-14(8-10-15)6-5-13-3-4-13/h7-10,13,16,24H,3-4,11-12H2,1-2H3,(H,20,22). The maximum Gasteiger partial charge on any atom is 0.414 e. The Morgan fingerprint density at radius 3 is 2.54 bits per heavy atom. The van der Waals surface area contributed by atoms with Crippen molar-refractivity contribution < 1.29 is 28.0 Å². The lowest BCUT2D eigenvalue weighted by molar-refractivity contribution is -0.132. The SMILES string of the molecule is CC(CC1CN(c2ccc(C#CC3CC3)cc2)C(=O)O1)(C(=O)NO)S(C)(=O)=O. The molecule has 1 aliphatic carbocycles. The van der Waals surface area contributed by atoms with E-state index in [1.165, 1.54) is 17.3 Å². The fourth-order valence-electron chi connectivity index (χ4n) is 2.94. The van der Waals surface area contributed by atoms with E-state index in [9.17, 15) is 18.0 Å². The van der Waals surface area contributed by atoms with E-state index in [0.717, 1.165) is 24.7 Å². The van der Waals surface area contributed by atoms with E-state index >= 15 is 0 Å². The third kappa shape index (κ3) is 4.13. The predicted molar refractivity (Wildman–Crippen MR) is 101 cm³/mol. The Bertz CT molecular complexity index is 943. The number of carbonyl (C=O) groups is 2. The minimum absolute atomic E-state index is 0.0930. The monoisotopic (exact) mass is 406 g/mol. The average Bonchev–Trinajstić information content (AvgIpc) is 3.41. The van der Waals surface area contributed by atoms with Crippen molar-refractivity contribution in [2.45, 2.75) is 37.0 Å². The Morgan fingerprint density at radius 1 is 1.36 bits per heavy atom. The fraction of sp³-hybridized carbons (Fsp3) is 0.474. The van der Waals surface area contributed by atoms with Crippen LogP contribution < -0.4 is 10.4 Å². The summed E-state index contributed by atoms with van der Waals surface area (Å²) in [6.07, 6.45) is 1.48. The van der Waals surface area contributed by atoms with Gasteiger partial charge in [0.1, 0.15) is 6.10 Å². The number of carbonyl (C=O) groups excluding carboxylic acids is 2. The molecule has 150 valence electrons. The molecule has 3 rings (SSSR count). The van der Waals surface area contributed by atoms with Crippen LogP contribution in [-0.4, -0.2) is 49.3 Å². The molecule has 1 heterocycles. The van der Waals surface area contributed by atoms with Gasteiger partial charge in [-0.25, -0.2) is 18.7 Å². The molecule has 0 bridgehead atoms. The lowest BCUT2D eigenvalue weighted by Crippen LogP contribution is -2.51. The molecule has 0 spiro atoms. The normalized spacial score (nSPS) is 21.3. The molecule has 0 radical (unpaired) electrons. The van der Waals surface area contributed by atoms with Gasteiger partial charge in [-0.3, -0.25) is 14.9 Å². The van der Waals surface area contributed by atoms with Gasteiger partial charge in [0, 0.05) is 29.8 Å². The van der Waals surface area contributed by atoms with Crippen LogP contribution in [0.2, 0.25) is 0 Å². The molecule has 1 aromatic rings. The number of benzene rings is 1. The number of ether oxygens (including phenoxy) is 1. The number of nitrogens with one attached hydrogen (secondary N) is 1. The number of nitrogens with zero attached hydrogens (tertiary/aromatic N) is 1. The summed E-state index contributed by atoms with van der Waals surface area (Å²) < 4.78 is 27.5. The highest BCUT2D eigenvalue weighted by Gasteiger charge is 2.48. The zero-order valence-corrected chi connectivity index (χ0v) is 16.5. The van der Waals surface area contributed by atoms with Crippen molar-refractivity contribution in [1.29, 1.82) is 0 Å². The smallest absolute Gasteiger partial charge is 0.414 e. The van der Waals surface area contributed by atoms with Crippen molar-refractivity contribution in [3.05, 3.63) is 29.8 Å². The summed E-state index contributed by atoms with van der Waals surface area (Å²) in [4.78, 5) is 25.6. The zero-order valence-electron chi connectivity index (χ0n) is 15.6. The summed E-state index contributed by atoms with van der Waals surface area (Å²) in [6, 6.07) is 7.11. The molecule has 8 nitrogen and oxygen atoms in total. The van der Waals surface area contributed by atoms with Crippen molar-refractivity contribution >= 4 is 27.5 Å². The van der Waals surface area contributed by atoms with Gasteiger partial charge in [0.2, 0.25) is 0 Å². The second-order valence-electron chi connectivity index (χ2n) is 7.35. The third-order valence-corrected chi connectivity index (χ3v) is 7.06. The largest absolute Gasteiger partial charge is 0.444 e. The van der Waals surface area contributed by atoms with E-state index in [1.807, 2.05) is 12.1 Å². The predicted octanol–water partition coefficient (Wildman–Crippen LogP) is 1.47. The highest BCUT2D eigenvalue weighted by Crippen LogP contribution is 2.30. The quantitative estimate of drug-likeness (QED) is 0.435. The third-order valence-electron chi connectivity index (χ3n) is 5.07. The zero-order chi connectivity index (χ0) is 20.5. The van der Waals surface area contributed by atoms with Crippen molar-refractivity contribution in [3.8, 4) is 11.8 Å². The lowest BCUT2D eigenvalue weighted by Gasteiger charge is -2.26. The molecular weight excluding hydrogens is 384 g/mol. The minimum Gasteiger partial charge on any atom is -0.444 e. The minimum atomic E-state index is -3.87. The molecule has 1 aliphatic heterocycles. The summed E-state index contributed by atoms with van der Waals surface area (Å²) in [5.74, 6) is 5.68. The first kappa shape index (κ1) is 20.2. The van der Waals surface area contributed by atoms with Crippen LogP contribution in [0.4, 0.5) is 10.5 Å². The molecule has 1 saturated heterocycles. The first-order valence-electron chi connectivity index (χ1n) is 8.88. The number of rotatable bonds is 5. The second-order valence-corrected chi connectivity index (χ2v) is 9.80. The summed E-state index contributed by atoms with van der Waals surface area (Å²) in [5, 5.41) is 8.90. The van der Waals surface area contributed by atoms with E-state index in [-0.39, 0.29) is 13.0 Å². The lowest BCUT2D eigenvalue weighted by atomic mass is 10.0. The molecule has 2 unspecified atom stereocenters. The number of hydrogen-bond donors (Lipinski definition) is 2. The van der Waals surface area contributed by atoms with Gasteiger partial charge in [0.15, 0.2) is 14.6 Å². The Labute approximate surface area is 163 Å². The highest BCUT2D eigenvalue weighted by atomic mass is 32.2. The van der Waals surface area contributed by atoms with Gasteiger partial charge in [0.05, 0.1) is 6.54 Å². The summed E-state index contributed by atoms with van der Waals surface area (Å²) in [7, 11) is -3.87. The molecular formula is C19H22N2O6S. The van der Waals surface area contributed by atoms with Gasteiger partial charge in [-0.05, 0) is 44.0 Å². The van der Waals surface area contributed by atoms with Gasteiger partial charge < -0.3 is 4.74 Å². The van der Waals surface area contributed by atoms with Gasteiger partial charge >= 0.3 is 6.09 Å². The van der Waals surface area contributed by atoms with Crippen LogP contribution in [-0.2, 0) is 19.4 Å². The first-order chi connectivity index (χ1) is 13.1. The maximum atomic E-state index is 12.2. The topological polar surface area (TPSA) is 113 Å². The van der Waals surface area contributed by atoms with Gasteiger partial charge in [-0.1, -0.05) is 11.8 Å². The summed E-state index contributed by atoms with van der Waals surface area (Å²) in [6.45, 7) is 1.29. The van der Waals surface area contributed by atoms with Gasteiger partial charge in [0.25, 0.3) is 5.91 Å². The molecule has 1 saturated carbocycles. The highest BCUT2D eigenvalue weighted by molar-refractivity contribution is 7.92. The Morgan fingerprint density at radius 2 is 2.00 bits per heavy atom. The number of cyclic esters (lactones) is 1. The molecule has 28 heavy (non-hydrogen) atoms. The van der Waals surface area contributed by atoms with Crippen LogP contribution in [0.5, 0.6) is 0 Å². The van der Waals surface area contributed by atoms with E-state index < -0.39 is 32.7 Å². The maximum absolute atomic E-state index is 12.2. The van der Waals surface area contributed by atoms with E-state index in [1.54, 1.807) is 12.1 Å². The van der Waals surface area contributed by atoms with Crippen LogP contribution in [0.1, 0.15) is 31.7 Å². The molecule has 2 aliphatic rings. The molecule has 9 heteroatoms. The number of sulfone groups is 1. The molecule has 2 atom stereocenters. The van der Waals surface area contributed by atoms with Crippen molar-refractivity contribution in [3.63, 3.8) is 0 Å². The van der Waals surface area contributed by atoms with Gasteiger partial charge in [-0.2, -0.15) is 0 Å². The number of hydroxylamine groups is 1. The van der Waals surface area contributed by atoms with Gasteiger partial charge in [-0.15, -0.1) is 0 Å². The Balaban J connectivity index is 1.72. The molecule has 2 N–H and O–H groups in total.